The maximum atomic E-state index is 12.2. The van der Waals surface area contributed by atoms with Crippen LogP contribution in [0.1, 0.15) is 61.5 Å². The van der Waals surface area contributed by atoms with E-state index < -0.39 is 0 Å². The second-order valence-electron chi connectivity index (χ2n) is 5.92. The maximum Gasteiger partial charge on any atom is 0.254 e. The van der Waals surface area contributed by atoms with E-state index in [1.165, 1.54) is 38.5 Å². The molecule has 0 atom stereocenters. The van der Waals surface area contributed by atoms with Gasteiger partial charge in [0.05, 0.1) is 11.3 Å². The summed E-state index contributed by atoms with van der Waals surface area (Å²) in [6.07, 6.45) is 10.5. The van der Waals surface area contributed by atoms with Crippen LogP contribution in [0.5, 0.6) is 0 Å². The predicted molar refractivity (Wildman–Crippen MR) is 91.7 cm³/mol. The lowest BCUT2D eigenvalue weighted by molar-refractivity contribution is 0.0952. The maximum absolute atomic E-state index is 12.2. The van der Waals surface area contributed by atoms with Gasteiger partial charge in [0.1, 0.15) is 0 Å². The SMILES string of the molecule is CCc1nn(C)cc1C(=O)NCCNC1CCCCCC1.Cl. The Morgan fingerprint density at radius 3 is 2.59 bits per heavy atom. The lowest BCUT2D eigenvalue weighted by atomic mass is 10.1. The van der Waals surface area contributed by atoms with Gasteiger partial charge in [0, 0.05) is 32.4 Å². The van der Waals surface area contributed by atoms with Gasteiger partial charge in [0.15, 0.2) is 0 Å². The van der Waals surface area contributed by atoms with Crippen LogP contribution in [0.3, 0.4) is 0 Å². The van der Waals surface area contributed by atoms with Crippen LogP contribution in [0.4, 0.5) is 0 Å². The standard InChI is InChI=1S/C16H28N4O.ClH/c1-3-15-14(12-20(2)19-15)16(21)18-11-10-17-13-8-6-4-5-7-9-13;/h12-13,17H,3-11H2,1-2H3,(H,18,21);1H. The van der Waals surface area contributed by atoms with E-state index in [0.29, 0.717) is 18.2 Å². The van der Waals surface area contributed by atoms with Crippen LogP contribution >= 0.6 is 12.4 Å². The van der Waals surface area contributed by atoms with Crippen molar-refractivity contribution in [3.8, 4) is 0 Å². The fraction of sp³-hybridized carbons (Fsp3) is 0.750. The molecule has 1 saturated carbocycles. The molecule has 1 aliphatic carbocycles. The van der Waals surface area contributed by atoms with Crippen LogP contribution < -0.4 is 10.6 Å². The highest BCUT2D eigenvalue weighted by molar-refractivity contribution is 5.95. The second-order valence-corrected chi connectivity index (χ2v) is 5.92. The summed E-state index contributed by atoms with van der Waals surface area (Å²) in [6, 6.07) is 0.633. The van der Waals surface area contributed by atoms with Crippen molar-refractivity contribution >= 4 is 18.3 Å². The summed E-state index contributed by atoms with van der Waals surface area (Å²) < 4.78 is 1.71. The van der Waals surface area contributed by atoms with Crippen LogP contribution in [0.2, 0.25) is 0 Å². The van der Waals surface area contributed by atoms with Gasteiger partial charge in [0.25, 0.3) is 5.91 Å². The number of halogens is 1. The Hall–Kier alpha value is -1.07. The van der Waals surface area contributed by atoms with Gasteiger partial charge in [-0.25, -0.2) is 0 Å². The first kappa shape index (κ1) is 19.0. The molecule has 2 N–H and O–H groups in total. The fourth-order valence-electron chi connectivity index (χ4n) is 3.02. The van der Waals surface area contributed by atoms with Crippen molar-refractivity contribution in [3.63, 3.8) is 0 Å². The first-order valence-corrected chi connectivity index (χ1v) is 8.24. The van der Waals surface area contributed by atoms with Crippen LogP contribution in [0.25, 0.3) is 0 Å². The molecule has 1 heterocycles. The zero-order chi connectivity index (χ0) is 15.1. The summed E-state index contributed by atoms with van der Waals surface area (Å²) in [5, 5.41) is 10.9. The molecule has 1 aliphatic rings. The topological polar surface area (TPSA) is 59.0 Å². The average Bonchev–Trinajstić information content (AvgIpc) is 2.69. The van der Waals surface area contributed by atoms with Crippen molar-refractivity contribution in [2.45, 2.75) is 57.9 Å². The summed E-state index contributed by atoms with van der Waals surface area (Å²) in [4.78, 5) is 12.2. The third kappa shape index (κ3) is 5.61. The Balaban J connectivity index is 0.00000242. The molecule has 1 amide bonds. The third-order valence-electron chi connectivity index (χ3n) is 4.18. The second kappa shape index (κ2) is 9.85. The van der Waals surface area contributed by atoms with Crippen LogP contribution in [0, 0.1) is 0 Å². The molecule has 1 fully saturated rings. The summed E-state index contributed by atoms with van der Waals surface area (Å²) >= 11 is 0. The van der Waals surface area contributed by atoms with E-state index in [-0.39, 0.29) is 18.3 Å². The van der Waals surface area contributed by atoms with E-state index in [1.807, 2.05) is 14.0 Å². The van der Waals surface area contributed by atoms with Gasteiger partial charge in [-0.15, -0.1) is 12.4 Å². The molecule has 0 saturated heterocycles. The molecule has 0 bridgehead atoms. The molecule has 0 spiro atoms. The van der Waals surface area contributed by atoms with Crippen molar-refractivity contribution in [2.75, 3.05) is 13.1 Å². The number of rotatable bonds is 6. The minimum Gasteiger partial charge on any atom is -0.351 e. The molecule has 0 aromatic carbocycles. The Morgan fingerprint density at radius 2 is 1.95 bits per heavy atom. The lowest BCUT2D eigenvalue weighted by Crippen LogP contribution is -2.37. The Labute approximate surface area is 139 Å². The zero-order valence-corrected chi connectivity index (χ0v) is 14.5. The number of hydrogen-bond donors (Lipinski definition) is 2. The molecule has 0 unspecified atom stereocenters. The highest BCUT2D eigenvalue weighted by atomic mass is 35.5. The number of aromatic nitrogens is 2. The molecule has 5 nitrogen and oxygen atoms in total. The highest BCUT2D eigenvalue weighted by Crippen LogP contribution is 2.16. The smallest absolute Gasteiger partial charge is 0.254 e. The third-order valence-corrected chi connectivity index (χ3v) is 4.18. The van der Waals surface area contributed by atoms with Crippen molar-refractivity contribution in [2.24, 2.45) is 7.05 Å². The lowest BCUT2D eigenvalue weighted by Gasteiger charge is -2.16. The van der Waals surface area contributed by atoms with Gasteiger partial charge >= 0.3 is 0 Å². The van der Waals surface area contributed by atoms with Crippen molar-refractivity contribution in [1.29, 1.82) is 0 Å². The summed E-state index contributed by atoms with van der Waals surface area (Å²) in [5.74, 6) is -0.0115. The minimum atomic E-state index is -0.0115. The first-order valence-electron chi connectivity index (χ1n) is 8.24. The van der Waals surface area contributed by atoms with Gasteiger partial charge < -0.3 is 10.6 Å². The van der Waals surface area contributed by atoms with E-state index >= 15 is 0 Å². The van der Waals surface area contributed by atoms with Crippen molar-refractivity contribution in [3.05, 3.63) is 17.5 Å². The highest BCUT2D eigenvalue weighted by Gasteiger charge is 2.14. The number of carbonyl (C=O) groups is 1. The molecule has 6 heteroatoms. The van der Waals surface area contributed by atoms with Gasteiger partial charge in [-0.3, -0.25) is 9.48 Å². The van der Waals surface area contributed by atoms with E-state index in [0.717, 1.165) is 18.7 Å². The fourth-order valence-corrected chi connectivity index (χ4v) is 3.02. The predicted octanol–water partition coefficient (Wildman–Crippen LogP) is 2.45. The van der Waals surface area contributed by atoms with Gasteiger partial charge in [-0.2, -0.15) is 5.10 Å². The van der Waals surface area contributed by atoms with Gasteiger partial charge in [0.2, 0.25) is 0 Å². The summed E-state index contributed by atoms with van der Waals surface area (Å²) in [7, 11) is 1.85. The molecule has 126 valence electrons. The van der Waals surface area contributed by atoms with Crippen molar-refractivity contribution in [1.82, 2.24) is 20.4 Å². The Bertz CT molecular complexity index is 453. The van der Waals surface area contributed by atoms with Gasteiger partial charge in [-0.1, -0.05) is 32.6 Å². The largest absolute Gasteiger partial charge is 0.351 e. The molecule has 0 radical (unpaired) electrons. The number of nitrogens with zero attached hydrogens (tertiary/aromatic N) is 2. The number of hydrogen-bond acceptors (Lipinski definition) is 3. The number of aryl methyl sites for hydroxylation is 2. The van der Waals surface area contributed by atoms with Crippen LogP contribution in [-0.2, 0) is 13.5 Å². The Morgan fingerprint density at radius 1 is 1.27 bits per heavy atom. The number of amides is 1. The molecule has 22 heavy (non-hydrogen) atoms. The molecule has 1 aromatic heterocycles. The zero-order valence-electron chi connectivity index (χ0n) is 13.7. The van der Waals surface area contributed by atoms with Crippen LogP contribution in [0.15, 0.2) is 6.20 Å². The monoisotopic (exact) mass is 328 g/mol. The van der Waals surface area contributed by atoms with E-state index in [9.17, 15) is 4.79 Å². The summed E-state index contributed by atoms with van der Waals surface area (Å²) in [6.45, 7) is 3.54. The van der Waals surface area contributed by atoms with Gasteiger partial charge in [-0.05, 0) is 19.3 Å². The minimum absolute atomic E-state index is 0. The molecule has 0 aliphatic heterocycles. The first-order chi connectivity index (χ1) is 10.2. The quantitative estimate of drug-likeness (QED) is 0.623. The van der Waals surface area contributed by atoms with Crippen LogP contribution in [-0.4, -0.2) is 34.8 Å². The number of carbonyl (C=O) groups excluding carboxylic acids is 1. The van der Waals surface area contributed by atoms with E-state index in [4.69, 9.17) is 0 Å². The molecular formula is C16H29ClN4O. The summed E-state index contributed by atoms with van der Waals surface area (Å²) in [5.41, 5.74) is 1.57. The molecular weight excluding hydrogens is 300 g/mol. The van der Waals surface area contributed by atoms with E-state index in [2.05, 4.69) is 15.7 Å². The van der Waals surface area contributed by atoms with E-state index in [1.54, 1.807) is 10.9 Å². The Kier molecular flexibility index (Phi) is 8.49. The normalized spacial score (nSPS) is 15.9. The van der Waals surface area contributed by atoms with Crippen molar-refractivity contribution < 1.29 is 4.79 Å². The average molecular weight is 329 g/mol. The molecule has 2 rings (SSSR count). The molecule has 1 aromatic rings. The number of nitrogens with one attached hydrogen (secondary N) is 2.